The molecule has 0 aromatic heterocycles. The molecule has 0 aromatic carbocycles. The fourth-order valence-electron chi connectivity index (χ4n) is 2.89. The molecular weight excluding hydrogens is 164 g/mol. The van der Waals surface area contributed by atoms with Crippen molar-refractivity contribution in [2.45, 2.75) is 51.6 Å². The monoisotopic (exact) mass is 182 g/mol. The molecule has 0 bridgehead atoms. The number of aliphatic hydroxyl groups is 1. The summed E-state index contributed by atoms with van der Waals surface area (Å²) in [5.41, 5.74) is 0.354. The van der Waals surface area contributed by atoms with E-state index in [2.05, 4.69) is 6.92 Å². The number of carbonyl (C=O) groups excluding carboxylic acids is 1. The SMILES string of the molecule is CC12CCC(=O)CC1CC(O)CC2. The Labute approximate surface area is 79.3 Å². The van der Waals surface area contributed by atoms with E-state index in [1.165, 1.54) is 0 Å². The first-order valence-corrected chi connectivity index (χ1v) is 5.30. The lowest BCUT2D eigenvalue weighted by Crippen LogP contribution is -2.40. The van der Waals surface area contributed by atoms with Crippen LogP contribution in [0, 0.1) is 11.3 Å². The Bertz CT molecular complexity index is 224. The highest BCUT2D eigenvalue weighted by atomic mass is 16.3. The van der Waals surface area contributed by atoms with E-state index in [-0.39, 0.29) is 6.10 Å². The first kappa shape index (κ1) is 9.20. The van der Waals surface area contributed by atoms with Gasteiger partial charge in [-0.25, -0.2) is 0 Å². The third-order valence-electron chi connectivity index (χ3n) is 4.04. The van der Waals surface area contributed by atoms with E-state index in [4.69, 9.17) is 0 Å². The van der Waals surface area contributed by atoms with Crippen LogP contribution >= 0.6 is 0 Å². The van der Waals surface area contributed by atoms with Gasteiger partial charge in [-0.1, -0.05) is 6.92 Å². The topological polar surface area (TPSA) is 37.3 Å². The van der Waals surface area contributed by atoms with E-state index in [9.17, 15) is 9.90 Å². The summed E-state index contributed by atoms with van der Waals surface area (Å²) in [7, 11) is 0. The minimum atomic E-state index is -0.149. The molecule has 2 aliphatic rings. The molecule has 0 aromatic rings. The van der Waals surface area contributed by atoms with Gasteiger partial charge in [0.2, 0.25) is 0 Å². The number of carbonyl (C=O) groups is 1. The smallest absolute Gasteiger partial charge is 0.133 e. The van der Waals surface area contributed by atoms with Crippen LogP contribution in [0.25, 0.3) is 0 Å². The zero-order chi connectivity index (χ0) is 9.47. The third kappa shape index (κ3) is 1.64. The van der Waals surface area contributed by atoms with Crippen LogP contribution in [-0.4, -0.2) is 17.0 Å². The van der Waals surface area contributed by atoms with Crippen LogP contribution < -0.4 is 0 Å². The molecule has 2 rings (SSSR count). The Morgan fingerprint density at radius 2 is 2.23 bits per heavy atom. The summed E-state index contributed by atoms with van der Waals surface area (Å²) < 4.78 is 0. The van der Waals surface area contributed by atoms with Crippen LogP contribution in [0.3, 0.4) is 0 Å². The fourth-order valence-corrected chi connectivity index (χ4v) is 2.89. The van der Waals surface area contributed by atoms with Crippen molar-refractivity contribution in [3.63, 3.8) is 0 Å². The molecule has 0 radical (unpaired) electrons. The number of ketones is 1. The molecule has 0 heterocycles. The zero-order valence-corrected chi connectivity index (χ0v) is 8.25. The van der Waals surface area contributed by atoms with E-state index in [0.29, 0.717) is 23.5 Å². The van der Waals surface area contributed by atoms with Crippen molar-refractivity contribution in [2.75, 3.05) is 0 Å². The third-order valence-corrected chi connectivity index (χ3v) is 4.04. The van der Waals surface area contributed by atoms with Gasteiger partial charge in [-0.2, -0.15) is 0 Å². The molecule has 1 N–H and O–H groups in total. The molecule has 2 saturated carbocycles. The fraction of sp³-hybridized carbons (Fsp3) is 0.909. The van der Waals surface area contributed by atoms with Gasteiger partial charge < -0.3 is 5.11 Å². The minimum Gasteiger partial charge on any atom is -0.393 e. The van der Waals surface area contributed by atoms with E-state index in [1.807, 2.05) is 0 Å². The Balaban J connectivity index is 2.11. The second-order valence-electron chi connectivity index (χ2n) is 5.02. The van der Waals surface area contributed by atoms with Crippen LogP contribution in [0.4, 0.5) is 0 Å². The minimum absolute atomic E-state index is 0.149. The number of hydrogen-bond donors (Lipinski definition) is 1. The van der Waals surface area contributed by atoms with Crippen LogP contribution in [-0.2, 0) is 4.79 Å². The highest BCUT2D eigenvalue weighted by Gasteiger charge is 2.42. The van der Waals surface area contributed by atoms with Gasteiger partial charge in [0.1, 0.15) is 5.78 Å². The van der Waals surface area contributed by atoms with E-state index < -0.39 is 0 Å². The van der Waals surface area contributed by atoms with Gasteiger partial charge in [-0.15, -0.1) is 0 Å². The summed E-state index contributed by atoms with van der Waals surface area (Å²) >= 11 is 0. The van der Waals surface area contributed by atoms with Crippen molar-refractivity contribution in [1.29, 1.82) is 0 Å². The maximum Gasteiger partial charge on any atom is 0.133 e. The average Bonchev–Trinajstić information content (AvgIpc) is 2.08. The number of fused-ring (bicyclic) bond motifs is 1. The number of hydrogen-bond acceptors (Lipinski definition) is 2. The summed E-state index contributed by atoms with van der Waals surface area (Å²) in [6, 6.07) is 0. The molecule has 74 valence electrons. The normalized spacial score (nSPS) is 45.8. The lowest BCUT2D eigenvalue weighted by molar-refractivity contribution is -0.127. The molecule has 0 amide bonds. The van der Waals surface area contributed by atoms with Gasteiger partial charge in [0.25, 0.3) is 0 Å². The lowest BCUT2D eigenvalue weighted by atomic mass is 9.60. The second kappa shape index (κ2) is 3.09. The highest BCUT2D eigenvalue weighted by molar-refractivity contribution is 5.79. The second-order valence-corrected chi connectivity index (χ2v) is 5.02. The maximum atomic E-state index is 11.3. The van der Waals surface area contributed by atoms with Crippen LogP contribution in [0.1, 0.15) is 45.4 Å². The predicted octanol–water partition coefficient (Wildman–Crippen LogP) is 1.91. The summed E-state index contributed by atoms with van der Waals surface area (Å²) in [5.74, 6) is 0.856. The van der Waals surface area contributed by atoms with E-state index in [0.717, 1.165) is 32.1 Å². The Hall–Kier alpha value is -0.370. The Morgan fingerprint density at radius 3 is 3.00 bits per heavy atom. The Kier molecular flexibility index (Phi) is 2.18. The molecule has 2 fully saturated rings. The molecule has 13 heavy (non-hydrogen) atoms. The average molecular weight is 182 g/mol. The number of aliphatic hydroxyl groups excluding tert-OH is 1. The van der Waals surface area contributed by atoms with Crippen LogP contribution in [0.5, 0.6) is 0 Å². The van der Waals surface area contributed by atoms with Crippen molar-refractivity contribution >= 4 is 5.78 Å². The first-order valence-electron chi connectivity index (χ1n) is 5.30. The summed E-state index contributed by atoms with van der Waals surface area (Å²) in [5, 5.41) is 9.54. The van der Waals surface area contributed by atoms with Crippen LogP contribution in [0.15, 0.2) is 0 Å². The van der Waals surface area contributed by atoms with Crippen molar-refractivity contribution in [3.05, 3.63) is 0 Å². The molecule has 2 aliphatic carbocycles. The summed E-state index contributed by atoms with van der Waals surface area (Å²) in [6.07, 6.45) is 5.26. The lowest BCUT2D eigenvalue weighted by Gasteiger charge is -2.46. The van der Waals surface area contributed by atoms with Gasteiger partial charge in [0.15, 0.2) is 0 Å². The molecule has 3 atom stereocenters. The van der Waals surface area contributed by atoms with Crippen molar-refractivity contribution in [3.8, 4) is 0 Å². The van der Waals surface area contributed by atoms with Crippen LogP contribution in [0.2, 0.25) is 0 Å². The predicted molar refractivity (Wildman–Crippen MR) is 50.3 cm³/mol. The molecule has 0 saturated heterocycles. The van der Waals surface area contributed by atoms with Crippen molar-refractivity contribution < 1.29 is 9.90 Å². The quantitative estimate of drug-likeness (QED) is 0.621. The zero-order valence-electron chi connectivity index (χ0n) is 8.25. The highest BCUT2D eigenvalue weighted by Crippen LogP contribution is 2.48. The van der Waals surface area contributed by atoms with Crippen molar-refractivity contribution in [1.82, 2.24) is 0 Å². The van der Waals surface area contributed by atoms with E-state index in [1.54, 1.807) is 0 Å². The molecule has 2 heteroatoms. The number of Topliss-reactive ketones (excluding diaryl/α,β-unsaturated/α-hetero) is 1. The Morgan fingerprint density at radius 1 is 1.46 bits per heavy atom. The molecule has 0 aliphatic heterocycles. The van der Waals surface area contributed by atoms with Gasteiger partial charge in [-0.05, 0) is 37.0 Å². The molecule has 2 nitrogen and oxygen atoms in total. The van der Waals surface area contributed by atoms with Gasteiger partial charge in [0.05, 0.1) is 6.10 Å². The summed E-state index contributed by atoms with van der Waals surface area (Å²) in [4.78, 5) is 11.3. The van der Waals surface area contributed by atoms with Gasteiger partial charge in [-0.3, -0.25) is 4.79 Å². The first-order chi connectivity index (χ1) is 6.10. The maximum absolute atomic E-state index is 11.3. The summed E-state index contributed by atoms with van der Waals surface area (Å²) in [6.45, 7) is 2.29. The largest absolute Gasteiger partial charge is 0.393 e. The van der Waals surface area contributed by atoms with Gasteiger partial charge in [0, 0.05) is 12.8 Å². The van der Waals surface area contributed by atoms with Crippen molar-refractivity contribution in [2.24, 2.45) is 11.3 Å². The molecule has 3 unspecified atom stereocenters. The molecular formula is C11H18O2. The molecule has 0 spiro atoms. The number of rotatable bonds is 0. The standard InChI is InChI=1S/C11H18O2/c1-11-4-2-9(12)6-8(11)7-10(13)3-5-11/h8-9,12H,2-7H2,1H3. The van der Waals surface area contributed by atoms with Gasteiger partial charge >= 0.3 is 0 Å². The van der Waals surface area contributed by atoms with E-state index >= 15 is 0 Å².